The standard InChI is InChI=1S/C12H18O/c1-3-11-6-4-5-7-12(11)8-10(2)9-13/h4-7,10,13H,3,8-9H2,1-2H3. The number of benzene rings is 1. The van der Waals surface area contributed by atoms with Crippen molar-refractivity contribution < 1.29 is 5.11 Å². The second-order valence-electron chi connectivity index (χ2n) is 3.61. The number of hydrogen-bond acceptors (Lipinski definition) is 1. The highest BCUT2D eigenvalue weighted by Gasteiger charge is 2.04. The predicted octanol–water partition coefficient (Wildman–Crippen LogP) is 2.42. The van der Waals surface area contributed by atoms with E-state index in [1.807, 2.05) is 0 Å². The number of aliphatic hydroxyl groups is 1. The summed E-state index contributed by atoms with van der Waals surface area (Å²) in [5.74, 6) is 0.368. The SMILES string of the molecule is CCc1ccccc1CC(C)CO. The van der Waals surface area contributed by atoms with Crippen molar-refractivity contribution in [1.29, 1.82) is 0 Å². The highest BCUT2D eigenvalue weighted by atomic mass is 16.3. The minimum atomic E-state index is 0.276. The molecular weight excluding hydrogens is 160 g/mol. The first kappa shape index (κ1) is 10.3. The molecule has 72 valence electrons. The lowest BCUT2D eigenvalue weighted by atomic mass is 9.96. The molecule has 1 unspecified atom stereocenters. The molecule has 0 aliphatic rings. The zero-order valence-corrected chi connectivity index (χ0v) is 8.46. The van der Waals surface area contributed by atoms with E-state index in [2.05, 4.69) is 38.1 Å². The van der Waals surface area contributed by atoms with Crippen LogP contribution in [0.3, 0.4) is 0 Å². The highest BCUT2D eigenvalue weighted by Crippen LogP contribution is 2.14. The normalized spacial score (nSPS) is 12.8. The van der Waals surface area contributed by atoms with Gasteiger partial charge in [-0.25, -0.2) is 0 Å². The third kappa shape index (κ3) is 2.85. The highest BCUT2D eigenvalue weighted by molar-refractivity contribution is 5.27. The number of aliphatic hydroxyl groups excluding tert-OH is 1. The first-order valence-corrected chi connectivity index (χ1v) is 4.95. The zero-order valence-electron chi connectivity index (χ0n) is 8.46. The monoisotopic (exact) mass is 178 g/mol. The number of hydrogen-bond donors (Lipinski definition) is 1. The Hall–Kier alpha value is -0.820. The van der Waals surface area contributed by atoms with Gasteiger partial charge in [0.05, 0.1) is 0 Å². The maximum Gasteiger partial charge on any atom is 0.0459 e. The molecule has 0 spiro atoms. The van der Waals surface area contributed by atoms with Crippen molar-refractivity contribution in [2.24, 2.45) is 5.92 Å². The molecule has 1 nitrogen and oxygen atoms in total. The lowest BCUT2D eigenvalue weighted by molar-refractivity contribution is 0.237. The molecule has 0 fully saturated rings. The molecular formula is C12H18O. The first-order valence-electron chi connectivity index (χ1n) is 4.95. The predicted molar refractivity (Wildman–Crippen MR) is 55.8 cm³/mol. The molecule has 1 aromatic rings. The van der Waals surface area contributed by atoms with Gasteiger partial charge in [-0.3, -0.25) is 0 Å². The summed E-state index contributed by atoms with van der Waals surface area (Å²) in [5.41, 5.74) is 2.79. The second-order valence-corrected chi connectivity index (χ2v) is 3.61. The summed E-state index contributed by atoms with van der Waals surface area (Å²) in [5, 5.41) is 8.96. The van der Waals surface area contributed by atoms with E-state index in [0.717, 1.165) is 12.8 Å². The van der Waals surface area contributed by atoms with E-state index < -0.39 is 0 Å². The Balaban J connectivity index is 2.74. The van der Waals surface area contributed by atoms with Gasteiger partial charge in [0, 0.05) is 6.61 Å². The van der Waals surface area contributed by atoms with Gasteiger partial charge >= 0.3 is 0 Å². The number of rotatable bonds is 4. The van der Waals surface area contributed by atoms with E-state index >= 15 is 0 Å². The van der Waals surface area contributed by atoms with Crippen LogP contribution in [0, 0.1) is 5.92 Å². The van der Waals surface area contributed by atoms with Gasteiger partial charge in [0.15, 0.2) is 0 Å². The van der Waals surface area contributed by atoms with Crippen LogP contribution in [0.2, 0.25) is 0 Å². The minimum Gasteiger partial charge on any atom is -0.396 e. The molecule has 1 N–H and O–H groups in total. The lowest BCUT2D eigenvalue weighted by Gasteiger charge is -2.11. The Morgan fingerprint density at radius 3 is 2.38 bits per heavy atom. The number of aryl methyl sites for hydroxylation is 1. The van der Waals surface area contributed by atoms with Crippen LogP contribution >= 0.6 is 0 Å². The minimum absolute atomic E-state index is 0.276. The molecule has 1 aromatic carbocycles. The summed E-state index contributed by atoms with van der Waals surface area (Å²) in [6.45, 7) is 4.52. The van der Waals surface area contributed by atoms with Gasteiger partial charge in [-0.2, -0.15) is 0 Å². The summed E-state index contributed by atoms with van der Waals surface area (Å²) in [4.78, 5) is 0. The van der Waals surface area contributed by atoms with E-state index in [9.17, 15) is 0 Å². The smallest absolute Gasteiger partial charge is 0.0459 e. The van der Waals surface area contributed by atoms with Gasteiger partial charge in [0.25, 0.3) is 0 Å². The quantitative estimate of drug-likeness (QED) is 0.750. The van der Waals surface area contributed by atoms with Crippen molar-refractivity contribution in [3.63, 3.8) is 0 Å². The molecule has 0 saturated heterocycles. The largest absolute Gasteiger partial charge is 0.396 e. The summed E-state index contributed by atoms with van der Waals surface area (Å²) in [6.07, 6.45) is 2.06. The van der Waals surface area contributed by atoms with E-state index in [1.54, 1.807) is 0 Å². The molecule has 0 aromatic heterocycles. The van der Waals surface area contributed by atoms with Crippen LogP contribution in [0.15, 0.2) is 24.3 Å². The molecule has 13 heavy (non-hydrogen) atoms. The third-order valence-corrected chi connectivity index (χ3v) is 2.38. The molecule has 0 aliphatic carbocycles. The van der Waals surface area contributed by atoms with Crippen LogP contribution in [-0.2, 0) is 12.8 Å². The lowest BCUT2D eigenvalue weighted by Crippen LogP contribution is -2.06. The van der Waals surface area contributed by atoms with Gasteiger partial charge in [-0.05, 0) is 29.9 Å². The van der Waals surface area contributed by atoms with Crippen LogP contribution < -0.4 is 0 Å². The molecule has 0 aliphatic heterocycles. The van der Waals surface area contributed by atoms with Crippen molar-refractivity contribution >= 4 is 0 Å². The van der Waals surface area contributed by atoms with Gasteiger partial charge in [-0.1, -0.05) is 38.1 Å². The summed E-state index contributed by atoms with van der Waals surface area (Å²) >= 11 is 0. The summed E-state index contributed by atoms with van der Waals surface area (Å²) in [7, 11) is 0. The van der Waals surface area contributed by atoms with Crippen molar-refractivity contribution in [2.45, 2.75) is 26.7 Å². The average Bonchev–Trinajstić information content (AvgIpc) is 2.18. The van der Waals surface area contributed by atoms with Crippen molar-refractivity contribution in [2.75, 3.05) is 6.61 Å². The van der Waals surface area contributed by atoms with E-state index in [4.69, 9.17) is 5.11 Å². The fourth-order valence-corrected chi connectivity index (χ4v) is 1.54. The van der Waals surface area contributed by atoms with Crippen LogP contribution in [0.5, 0.6) is 0 Å². The molecule has 0 radical (unpaired) electrons. The molecule has 0 bridgehead atoms. The second kappa shape index (κ2) is 5.03. The van der Waals surface area contributed by atoms with Crippen molar-refractivity contribution in [3.05, 3.63) is 35.4 Å². The third-order valence-electron chi connectivity index (χ3n) is 2.38. The van der Waals surface area contributed by atoms with Crippen LogP contribution in [0.1, 0.15) is 25.0 Å². The maximum atomic E-state index is 8.96. The van der Waals surface area contributed by atoms with Crippen LogP contribution in [0.4, 0.5) is 0 Å². The van der Waals surface area contributed by atoms with E-state index in [0.29, 0.717) is 5.92 Å². The molecule has 0 saturated carbocycles. The molecule has 1 atom stereocenters. The zero-order chi connectivity index (χ0) is 9.68. The summed E-state index contributed by atoms with van der Waals surface area (Å²) < 4.78 is 0. The molecule has 1 heteroatoms. The Kier molecular flexibility index (Phi) is 3.97. The van der Waals surface area contributed by atoms with Gasteiger partial charge in [-0.15, -0.1) is 0 Å². The Morgan fingerprint density at radius 1 is 1.23 bits per heavy atom. The van der Waals surface area contributed by atoms with Gasteiger partial charge < -0.3 is 5.11 Å². The Morgan fingerprint density at radius 2 is 1.85 bits per heavy atom. The van der Waals surface area contributed by atoms with Crippen molar-refractivity contribution in [1.82, 2.24) is 0 Å². The Labute approximate surface area is 80.4 Å². The first-order chi connectivity index (χ1) is 6.27. The van der Waals surface area contributed by atoms with Crippen LogP contribution in [0.25, 0.3) is 0 Å². The average molecular weight is 178 g/mol. The van der Waals surface area contributed by atoms with E-state index in [-0.39, 0.29) is 6.61 Å². The van der Waals surface area contributed by atoms with Gasteiger partial charge in [0.2, 0.25) is 0 Å². The fourth-order valence-electron chi connectivity index (χ4n) is 1.54. The Bertz CT molecular complexity index is 255. The fraction of sp³-hybridized carbons (Fsp3) is 0.500. The van der Waals surface area contributed by atoms with Crippen LogP contribution in [-0.4, -0.2) is 11.7 Å². The summed E-state index contributed by atoms with van der Waals surface area (Å²) in [6, 6.07) is 8.47. The van der Waals surface area contributed by atoms with Gasteiger partial charge in [0.1, 0.15) is 0 Å². The van der Waals surface area contributed by atoms with E-state index in [1.165, 1.54) is 11.1 Å². The van der Waals surface area contributed by atoms with Crippen molar-refractivity contribution in [3.8, 4) is 0 Å². The maximum absolute atomic E-state index is 8.96. The molecule has 0 heterocycles. The molecule has 1 rings (SSSR count). The topological polar surface area (TPSA) is 20.2 Å². The molecule has 0 amide bonds.